The number of nitrogens with zero attached hydrogens (tertiary/aromatic N) is 2. The molecule has 0 N–H and O–H groups in total. The number of hydrogen-bond acceptors (Lipinski definition) is 2. The normalized spacial score (nSPS) is 15.5. The molecule has 3 aliphatic rings. The molecule has 0 saturated carbocycles. The first-order valence-corrected chi connectivity index (χ1v) is 24.6. The Kier molecular flexibility index (Phi) is 9.92. The molecule has 332 valence electrons. The molecule has 2 heteroatoms. The zero-order valence-electron chi connectivity index (χ0n) is 39.4. The van der Waals surface area contributed by atoms with Gasteiger partial charge in [-0.3, -0.25) is 0 Å². The van der Waals surface area contributed by atoms with Crippen molar-refractivity contribution < 1.29 is 0 Å². The molecule has 0 saturated heterocycles. The molecule has 3 aliphatic carbocycles. The molecule has 0 amide bonds. The average molecular weight is 895 g/mol. The van der Waals surface area contributed by atoms with Crippen molar-refractivity contribution in [3.8, 4) is 78.3 Å². The van der Waals surface area contributed by atoms with Gasteiger partial charge in [0, 0.05) is 22.5 Å². The molecule has 0 bridgehead atoms. The minimum atomic E-state index is -0.546. The van der Waals surface area contributed by atoms with Crippen LogP contribution in [-0.4, -0.2) is 9.97 Å². The van der Waals surface area contributed by atoms with Gasteiger partial charge in [0.15, 0.2) is 5.82 Å². The SMILES string of the molecule is CC1(C)c2ccccc2C2(c3ccc(-c4ccc(-c5ccc(-c6cccc(-c7ccccc7)c6)cc5)cc4)cc3-c3c(-c4cc(C5C=CC=CC5)nc(-c5ccccc5)n4)cccc32)c2ccccc21. The molecule has 10 aromatic rings. The van der Waals surface area contributed by atoms with Crippen molar-refractivity contribution in [2.24, 2.45) is 0 Å². The van der Waals surface area contributed by atoms with E-state index in [1.54, 1.807) is 0 Å². The van der Waals surface area contributed by atoms with Crippen LogP contribution >= 0.6 is 0 Å². The first-order chi connectivity index (χ1) is 34.4. The topological polar surface area (TPSA) is 25.8 Å². The van der Waals surface area contributed by atoms with Gasteiger partial charge in [-0.2, -0.15) is 0 Å². The highest BCUT2D eigenvalue weighted by Gasteiger charge is 2.53. The molecule has 70 heavy (non-hydrogen) atoms. The molecule has 1 heterocycles. The summed E-state index contributed by atoms with van der Waals surface area (Å²) in [6.07, 6.45) is 9.70. The van der Waals surface area contributed by atoms with E-state index in [4.69, 9.17) is 9.97 Å². The van der Waals surface area contributed by atoms with Gasteiger partial charge in [-0.25, -0.2) is 9.97 Å². The maximum Gasteiger partial charge on any atom is 0.160 e. The van der Waals surface area contributed by atoms with Gasteiger partial charge in [-0.1, -0.05) is 244 Å². The highest BCUT2D eigenvalue weighted by molar-refractivity contribution is 5.97. The Labute approximate surface area is 411 Å². The zero-order valence-corrected chi connectivity index (χ0v) is 39.4. The number of fused-ring (bicyclic) bond motifs is 9. The van der Waals surface area contributed by atoms with Gasteiger partial charge in [0.2, 0.25) is 0 Å². The maximum atomic E-state index is 5.47. The van der Waals surface area contributed by atoms with Gasteiger partial charge < -0.3 is 0 Å². The van der Waals surface area contributed by atoms with Crippen LogP contribution in [0.3, 0.4) is 0 Å². The van der Waals surface area contributed by atoms with Crippen molar-refractivity contribution in [3.05, 3.63) is 288 Å². The second kappa shape index (κ2) is 16.6. The summed E-state index contributed by atoms with van der Waals surface area (Å²) in [5.74, 6) is 0.908. The Bertz CT molecular complexity index is 3640. The van der Waals surface area contributed by atoms with Crippen molar-refractivity contribution in [1.82, 2.24) is 9.97 Å². The largest absolute Gasteiger partial charge is 0.232 e. The van der Waals surface area contributed by atoms with Crippen molar-refractivity contribution in [2.45, 2.75) is 37.0 Å². The lowest BCUT2D eigenvalue weighted by Crippen LogP contribution is -2.40. The zero-order chi connectivity index (χ0) is 46.8. The molecular formula is C68H50N2. The standard InChI is InChI=1S/C68H50N2/c1-67(2)58-27-12-14-29-60(58)68(61-30-15-13-28-59(61)67)57-41-40-54(49-38-34-47(35-39-49)46-32-36-48(37-33-46)53-25-16-24-52(42-53)45-18-6-3-7-19-45)43-56(57)65-55(26-17-31-62(65)68)64-44-63(50-20-8-4-9-21-50)69-66(70-64)51-22-10-5-11-23-51/h3-20,22-44,50H,21H2,1-2H3. The number of benzene rings is 9. The quantitative estimate of drug-likeness (QED) is 0.159. The monoisotopic (exact) mass is 894 g/mol. The van der Waals surface area contributed by atoms with Crippen molar-refractivity contribution >= 4 is 0 Å². The van der Waals surface area contributed by atoms with Crippen molar-refractivity contribution in [3.63, 3.8) is 0 Å². The van der Waals surface area contributed by atoms with Gasteiger partial charge in [0.1, 0.15) is 0 Å². The van der Waals surface area contributed by atoms with Crippen molar-refractivity contribution in [1.29, 1.82) is 0 Å². The third kappa shape index (κ3) is 6.70. The predicted molar refractivity (Wildman–Crippen MR) is 290 cm³/mol. The van der Waals surface area contributed by atoms with Gasteiger partial charge >= 0.3 is 0 Å². The van der Waals surface area contributed by atoms with E-state index >= 15 is 0 Å². The summed E-state index contributed by atoms with van der Waals surface area (Å²) in [6.45, 7) is 4.78. The number of allylic oxidation sites excluding steroid dienone is 4. The smallest absolute Gasteiger partial charge is 0.160 e. The van der Waals surface area contributed by atoms with E-state index < -0.39 is 5.41 Å². The van der Waals surface area contributed by atoms with Crippen LogP contribution in [0.4, 0.5) is 0 Å². The fourth-order valence-electron chi connectivity index (χ4n) is 11.9. The second-order valence-corrected chi connectivity index (χ2v) is 19.6. The van der Waals surface area contributed by atoms with E-state index in [-0.39, 0.29) is 11.3 Å². The van der Waals surface area contributed by atoms with Crippen LogP contribution in [0.5, 0.6) is 0 Å². The molecule has 0 aliphatic heterocycles. The van der Waals surface area contributed by atoms with Gasteiger partial charge in [-0.05, 0) is 114 Å². The van der Waals surface area contributed by atoms with Gasteiger partial charge in [0.25, 0.3) is 0 Å². The van der Waals surface area contributed by atoms with Crippen LogP contribution in [0.2, 0.25) is 0 Å². The number of hydrogen-bond donors (Lipinski definition) is 0. The molecule has 1 atom stereocenters. The lowest BCUT2D eigenvalue weighted by molar-refractivity contribution is 0.563. The molecule has 0 radical (unpaired) electrons. The molecule has 13 rings (SSSR count). The fourth-order valence-corrected chi connectivity index (χ4v) is 11.9. The summed E-state index contributed by atoms with van der Waals surface area (Å²) in [4.78, 5) is 10.7. The summed E-state index contributed by atoms with van der Waals surface area (Å²) in [7, 11) is 0. The van der Waals surface area contributed by atoms with E-state index in [0.717, 1.165) is 34.8 Å². The molecule has 1 unspecified atom stereocenters. The third-order valence-electron chi connectivity index (χ3n) is 15.3. The number of rotatable bonds is 7. The molecular weight excluding hydrogens is 845 g/mol. The van der Waals surface area contributed by atoms with E-state index in [9.17, 15) is 0 Å². The van der Waals surface area contributed by atoms with Gasteiger partial charge in [-0.15, -0.1) is 0 Å². The summed E-state index contributed by atoms with van der Waals surface area (Å²) in [5.41, 5.74) is 23.5. The molecule has 0 fully saturated rings. The van der Waals surface area contributed by atoms with Crippen LogP contribution in [0.15, 0.2) is 249 Å². The lowest BCUT2D eigenvalue weighted by atomic mass is 9.55. The van der Waals surface area contributed by atoms with E-state index in [2.05, 4.69) is 263 Å². The molecule has 1 spiro atoms. The maximum absolute atomic E-state index is 5.47. The first-order valence-electron chi connectivity index (χ1n) is 24.6. The van der Waals surface area contributed by atoms with Crippen LogP contribution in [0, 0.1) is 0 Å². The highest BCUT2D eigenvalue weighted by atomic mass is 14.9. The first kappa shape index (κ1) is 41.7. The predicted octanol–water partition coefficient (Wildman–Crippen LogP) is 17.1. The van der Waals surface area contributed by atoms with Gasteiger partial charge in [0.05, 0.1) is 16.8 Å². The Morgan fingerprint density at radius 1 is 0.371 bits per heavy atom. The van der Waals surface area contributed by atoms with E-state index in [1.807, 2.05) is 0 Å². The molecule has 1 aromatic heterocycles. The van der Waals surface area contributed by atoms with Crippen molar-refractivity contribution in [2.75, 3.05) is 0 Å². The van der Waals surface area contributed by atoms with Crippen LogP contribution in [0.1, 0.15) is 65.3 Å². The minimum absolute atomic E-state index is 0.161. The fraction of sp³-hybridized carbons (Fsp3) is 0.0882. The average Bonchev–Trinajstić information content (AvgIpc) is 3.74. The highest BCUT2D eigenvalue weighted by Crippen LogP contribution is 2.63. The van der Waals surface area contributed by atoms with Crippen LogP contribution in [-0.2, 0) is 10.8 Å². The van der Waals surface area contributed by atoms with Crippen LogP contribution < -0.4 is 0 Å². The summed E-state index contributed by atoms with van der Waals surface area (Å²) in [5, 5.41) is 0. The summed E-state index contributed by atoms with van der Waals surface area (Å²) in [6, 6.07) is 82.8. The lowest BCUT2D eigenvalue weighted by Gasteiger charge is -2.46. The summed E-state index contributed by atoms with van der Waals surface area (Å²) < 4.78 is 0. The van der Waals surface area contributed by atoms with E-state index in [0.29, 0.717) is 0 Å². The van der Waals surface area contributed by atoms with E-state index in [1.165, 1.54) is 89.0 Å². The minimum Gasteiger partial charge on any atom is -0.232 e. The number of aromatic nitrogens is 2. The Morgan fingerprint density at radius 3 is 1.46 bits per heavy atom. The Morgan fingerprint density at radius 2 is 0.857 bits per heavy atom. The molecule has 2 nitrogen and oxygen atoms in total. The third-order valence-corrected chi connectivity index (χ3v) is 15.3. The molecule has 9 aromatic carbocycles. The Balaban J connectivity index is 0.958. The summed E-state index contributed by atoms with van der Waals surface area (Å²) >= 11 is 0. The second-order valence-electron chi connectivity index (χ2n) is 19.6. The Hall–Kier alpha value is -8.46. The van der Waals surface area contributed by atoms with Crippen LogP contribution in [0.25, 0.3) is 78.3 Å².